The molecule has 1 amide bonds. The van der Waals surface area contributed by atoms with E-state index in [0.29, 0.717) is 26.9 Å². The second-order valence-corrected chi connectivity index (χ2v) is 7.44. The van der Waals surface area contributed by atoms with E-state index in [4.69, 9.17) is 27.6 Å². The molecule has 0 aliphatic carbocycles. The van der Waals surface area contributed by atoms with Crippen LogP contribution in [0, 0.1) is 0 Å². The highest BCUT2D eigenvalue weighted by Gasteiger charge is 2.46. The van der Waals surface area contributed by atoms with Crippen molar-refractivity contribution in [1.29, 1.82) is 0 Å². The molecule has 4 rings (SSSR count). The normalized spacial score (nSPS) is 18.4. The molecule has 1 aliphatic heterocycles. The fraction of sp³-hybridized carbons (Fsp3) is 0.0909. The molecule has 2 heterocycles. The summed E-state index contributed by atoms with van der Waals surface area (Å²) in [4.78, 5) is 27.1. The maximum atomic E-state index is 12.9. The van der Waals surface area contributed by atoms with Crippen molar-refractivity contribution in [2.24, 2.45) is 0 Å². The van der Waals surface area contributed by atoms with E-state index in [1.807, 2.05) is 0 Å². The Morgan fingerprint density at radius 3 is 2.17 bits per heavy atom. The number of aliphatic hydroxyl groups is 1. The fourth-order valence-corrected chi connectivity index (χ4v) is 3.62. The molecule has 7 heteroatoms. The lowest BCUT2D eigenvalue weighted by Gasteiger charge is -2.24. The maximum absolute atomic E-state index is 12.9. The van der Waals surface area contributed by atoms with Gasteiger partial charge in [-0.3, -0.25) is 9.59 Å². The molecule has 1 aromatic heterocycles. The van der Waals surface area contributed by atoms with Crippen LogP contribution < -0.4 is 0 Å². The first-order valence-electron chi connectivity index (χ1n) is 8.78. The zero-order valence-corrected chi connectivity index (χ0v) is 16.5. The fourth-order valence-electron chi connectivity index (χ4n) is 3.37. The highest BCUT2D eigenvalue weighted by Crippen LogP contribution is 2.40. The number of Topliss-reactive ketones (excluding diaryl/α,β-unsaturated/α-hetero) is 1. The summed E-state index contributed by atoms with van der Waals surface area (Å²) >= 11 is 11.9. The van der Waals surface area contributed by atoms with Gasteiger partial charge in [-0.25, -0.2) is 0 Å². The maximum Gasteiger partial charge on any atom is 0.296 e. The standard InChI is InChI=1S/C22H15Cl2NO4/c23-15-7-3-13(4-8-15)19-18(20(26)14-5-9-16(24)10-6-14)21(27)22(28)25(19)12-17-2-1-11-29-17/h1-11,19,26H,12H2/b20-18-. The van der Waals surface area contributed by atoms with Gasteiger partial charge in [-0.2, -0.15) is 0 Å². The summed E-state index contributed by atoms with van der Waals surface area (Å²) < 4.78 is 5.36. The number of amides is 1. The van der Waals surface area contributed by atoms with Crippen molar-refractivity contribution >= 4 is 40.7 Å². The van der Waals surface area contributed by atoms with Gasteiger partial charge in [0.05, 0.1) is 24.4 Å². The van der Waals surface area contributed by atoms with Gasteiger partial charge < -0.3 is 14.4 Å². The highest BCUT2D eigenvalue weighted by molar-refractivity contribution is 6.46. The Bertz CT molecular complexity index is 1090. The average molecular weight is 428 g/mol. The Balaban J connectivity index is 1.86. The third-order valence-electron chi connectivity index (χ3n) is 4.75. The minimum atomic E-state index is -0.784. The number of hydrogen-bond donors (Lipinski definition) is 1. The zero-order valence-electron chi connectivity index (χ0n) is 15.0. The number of rotatable bonds is 4. The first kappa shape index (κ1) is 19.3. The molecule has 0 spiro atoms. The van der Waals surface area contributed by atoms with E-state index in [9.17, 15) is 14.7 Å². The molecule has 3 aromatic rings. The van der Waals surface area contributed by atoms with E-state index in [-0.39, 0.29) is 17.9 Å². The Morgan fingerprint density at radius 1 is 0.966 bits per heavy atom. The van der Waals surface area contributed by atoms with Crippen molar-refractivity contribution in [2.45, 2.75) is 12.6 Å². The molecular weight excluding hydrogens is 413 g/mol. The second-order valence-electron chi connectivity index (χ2n) is 6.56. The molecule has 146 valence electrons. The number of benzene rings is 2. The molecule has 0 radical (unpaired) electrons. The van der Waals surface area contributed by atoms with Crippen LogP contribution in [0.4, 0.5) is 0 Å². The van der Waals surface area contributed by atoms with Gasteiger partial charge in [-0.05, 0) is 54.1 Å². The van der Waals surface area contributed by atoms with Gasteiger partial charge >= 0.3 is 0 Å². The Labute approximate surface area is 176 Å². The molecule has 0 saturated carbocycles. The summed E-state index contributed by atoms with van der Waals surface area (Å²) in [6.07, 6.45) is 1.50. The van der Waals surface area contributed by atoms with E-state index >= 15 is 0 Å². The van der Waals surface area contributed by atoms with Gasteiger partial charge in [-0.15, -0.1) is 0 Å². The largest absolute Gasteiger partial charge is 0.507 e. The van der Waals surface area contributed by atoms with Crippen molar-refractivity contribution in [1.82, 2.24) is 4.90 Å². The van der Waals surface area contributed by atoms with Gasteiger partial charge in [0.1, 0.15) is 11.5 Å². The number of likely N-dealkylation sites (tertiary alicyclic amines) is 1. The molecule has 1 N–H and O–H groups in total. The van der Waals surface area contributed by atoms with Crippen LogP contribution in [-0.2, 0) is 16.1 Å². The van der Waals surface area contributed by atoms with Crippen molar-refractivity contribution < 1.29 is 19.1 Å². The van der Waals surface area contributed by atoms with E-state index in [1.165, 1.54) is 11.2 Å². The smallest absolute Gasteiger partial charge is 0.296 e. The SMILES string of the molecule is O=C1C(=O)N(Cc2ccco2)C(c2ccc(Cl)cc2)/C1=C(/O)c1ccc(Cl)cc1. The van der Waals surface area contributed by atoms with Gasteiger partial charge in [0, 0.05) is 15.6 Å². The summed E-state index contributed by atoms with van der Waals surface area (Å²) in [6.45, 7) is 0.0856. The molecule has 1 aliphatic rings. The van der Waals surface area contributed by atoms with E-state index in [0.717, 1.165) is 0 Å². The summed E-state index contributed by atoms with van der Waals surface area (Å²) in [7, 11) is 0. The highest BCUT2D eigenvalue weighted by atomic mass is 35.5. The topological polar surface area (TPSA) is 70.8 Å². The van der Waals surface area contributed by atoms with E-state index in [1.54, 1.807) is 60.7 Å². The summed E-state index contributed by atoms with van der Waals surface area (Å²) in [5.74, 6) is -1.21. The Morgan fingerprint density at radius 2 is 1.59 bits per heavy atom. The summed E-state index contributed by atoms with van der Waals surface area (Å²) in [5, 5.41) is 11.9. The van der Waals surface area contributed by atoms with Crippen molar-refractivity contribution in [3.63, 3.8) is 0 Å². The number of carbonyl (C=O) groups is 2. The predicted molar refractivity (Wildman–Crippen MR) is 109 cm³/mol. The van der Waals surface area contributed by atoms with Crippen molar-refractivity contribution in [3.05, 3.63) is 99.4 Å². The molecule has 2 aromatic carbocycles. The first-order valence-corrected chi connectivity index (χ1v) is 9.53. The Kier molecular flexibility index (Phi) is 5.18. The van der Waals surface area contributed by atoms with Crippen molar-refractivity contribution in [3.8, 4) is 0 Å². The number of hydrogen-bond acceptors (Lipinski definition) is 4. The van der Waals surface area contributed by atoms with Gasteiger partial charge in [0.2, 0.25) is 0 Å². The third kappa shape index (κ3) is 3.67. The molecule has 0 bridgehead atoms. The molecule has 5 nitrogen and oxygen atoms in total. The van der Waals surface area contributed by atoms with Crippen LogP contribution in [0.1, 0.15) is 22.9 Å². The quantitative estimate of drug-likeness (QED) is 0.352. The number of aliphatic hydroxyl groups excluding tert-OH is 1. The van der Waals surface area contributed by atoms with Gasteiger partial charge in [-0.1, -0.05) is 35.3 Å². The first-order chi connectivity index (χ1) is 14.0. The van der Waals surface area contributed by atoms with Crippen molar-refractivity contribution in [2.75, 3.05) is 0 Å². The molecule has 1 fully saturated rings. The molecule has 1 saturated heterocycles. The van der Waals surface area contributed by atoms with Crippen LogP contribution in [0.25, 0.3) is 5.76 Å². The zero-order chi connectivity index (χ0) is 20.5. The van der Waals surface area contributed by atoms with Crippen LogP contribution in [-0.4, -0.2) is 21.7 Å². The van der Waals surface area contributed by atoms with Gasteiger partial charge in [0.15, 0.2) is 0 Å². The number of carbonyl (C=O) groups excluding carboxylic acids is 2. The molecule has 1 atom stereocenters. The number of nitrogens with zero attached hydrogens (tertiary/aromatic N) is 1. The lowest BCUT2D eigenvalue weighted by molar-refractivity contribution is -0.140. The molecule has 1 unspecified atom stereocenters. The third-order valence-corrected chi connectivity index (χ3v) is 5.25. The second kappa shape index (κ2) is 7.78. The average Bonchev–Trinajstić information content (AvgIpc) is 3.31. The minimum absolute atomic E-state index is 0.00574. The lowest BCUT2D eigenvalue weighted by Crippen LogP contribution is -2.29. The number of furan rings is 1. The minimum Gasteiger partial charge on any atom is -0.507 e. The summed E-state index contributed by atoms with van der Waals surface area (Å²) in [6, 6.07) is 15.8. The van der Waals surface area contributed by atoms with E-state index in [2.05, 4.69) is 0 Å². The van der Waals surface area contributed by atoms with E-state index < -0.39 is 17.7 Å². The lowest BCUT2D eigenvalue weighted by atomic mass is 9.95. The van der Waals surface area contributed by atoms with Crippen LogP contribution in [0.5, 0.6) is 0 Å². The monoisotopic (exact) mass is 427 g/mol. The van der Waals surface area contributed by atoms with Crippen LogP contribution in [0.2, 0.25) is 10.0 Å². The Hall–Kier alpha value is -3.02. The predicted octanol–water partition coefficient (Wildman–Crippen LogP) is 5.21. The van der Waals surface area contributed by atoms with Gasteiger partial charge in [0.25, 0.3) is 11.7 Å². The van der Waals surface area contributed by atoms with Crippen LogP contribution >= 0.6 is 23.2 Å². The molecular formula is C22H15Cl2NO4. The number of halogens is 2. The molecule has 29 heavy (non-hydrogen) atoms. The van der Waals surface area contributed by atoms with Crippen LogP contribution in [0.15, 0.2) is 76.9 Å². The number of ketones is 1. The summed E-state index contributed by atoms with van der Waals surface area (Å²) in [5.41, 5.74) is 1.05. The van der Waals surface area contributed by atoms with Crippen LogP contribution in [0.3, 0.4) is 0 Å².